The molecule has 1 aliphatic heterocycles. The van der Waals surface area contributed by atoms with Crippen molar-refractivity contribution in [1.29, 1.82) is 0 Å². The highest BCUT2D eigenvalue weighted by molar-refractivity contribution is 6.01. The summed E-state index contributed by atoms with van der Waals surface area (Å²) in [6.45, 7) is 9.37. The zero-order valence-corrected chi connectivity index (χ0v) is 14.7. The number of aromatic nitrogens is 2. The van der Waals surface area contributed by atoms with Crippen molar-refractivity contribution >= 4 is 11.6 Å². The number of hydrogen-bond donors (Lipinski definition) is 2. The predicted molar refractivity (Wildman–Crippen MR) is 91.4 cm³/mol. The van der Waals surface area contributed by atoms with Crippen LogP contribution in [0.1, 0.15) is 38.1 Å². The molecule has 1 aliphatic rings. The van der Waals surface area contributed by atoms with Gasteiger partial charge in [0.05, 0.1) is 18.8 Å². The molecule has 1 saturated heterocycles. The number of ketones is 1. The standard InChI is InChI=1S/C16H26N4O4/c1-9(2)5-20-14(17)13(15(22)18-16(20)23)12(21)8-19-6-10(3)24-11(4)7-19/h9-11H,5-8,17H2,1-4H3,(H,18,22,23)/t10-,11-/m1/s1. The number of anilines is 1. The van der Waals surface area contributed by atoms with Crippen LogP contribution in [0.15, 0.2) is 9.59 Å². The van der Waals surface area contributed by atoms with Gasteiger partial charge in [-0.05, 0) is 19.8 Å². The number of H-pyrrole nitrogens is 1. The van der Waals surface area contributed by atoms with E-state index in [0.717, 1.165) is 0 Å². The number of nitrogens with zero attached hydrogens (tertiary/aromatic N) is 2. The van der Waals surface area contributed by atoms with Gasteiger partial charge in [0.1, 0.15) is 11.4 Å². The SMILES string of the molecule is CC(C)Cn1c(N)c(C(=O)CN2C[C@@H](C)O[C@H](C)C2)c(=O)[nH]c1=O. The van der Waals surface area contributed by atoms with E-state index < -0.39 is 11.2 Å². The van der Waals surface area contributed by atoms with Gasteiger partial charge in [-0.25, -0.2) is 4.79 Å². The number of nitrogens with one attached hydrogen (secondary N) is 1. The summed E-state index contributed by atoms with van der Waals surface area (Å²) in [6.07, 6.45) is 0.0409. The first-order valence-electron chi connectivity index (χ1n) is 8.22. The predicted octanol–water partition coefficient (Wildman–Crippen LogP) is 0.0667. The average Bonchev–Trinajstić information content (AvgIpc) is 2.41. The van der Waals surface area contributed by atoms with Gasteiger partial charge in [0.2, 0.25) is 0 Å². The van der Waals surface area contributed by atoms with E-state index in [0.29, 0.717) is 19.6 Å². The molecule has 3 N–H and O–H groups in total. The summed E-state index contributed by atoms with van der Waals surface area (Å²) in [6, 6.07) is 0. The van der Waals surface area contributed by atoms with Gasteiger partial charge in [-0.1, -0.05) is 13.8 Å². The quantitative estimate of drug-likeness (QED) is 0.735. The first-order chi connectivity index (χ1) is 11.2. The highest BCUT2D eigenvalue weighted by atomic mass is 16.5. The summed E-state index contributed by atoms with van der Waals surface area (Å²) < 4.78 is 6.89. The molecule has 0 spiro atoms. The second kappa shape index (κ2) is 7.31. The van der Waals surface area contributed by atoms with Crippen LogP contribution < -0.4 is 17.0 Å². The number of nitrogen functional groups attached to an aromatic ring is 1. The van der Waals surface area contributed by atoms with E-state index in [1.807, 2.05) is 32.6 Å². The molecule has 1 aromatic heterocycles. The van der Waals surface area contributed by atoms with Crippen molar-refractivity contribution in [3.8, 4) is 0 Å². The Balaban J connectivity index is 2.29. The molecule has 1 fully saturated rings. The van der Waals surface area contributed by atoms with E-state index in [9.17, 15) is 14.4 Å². The summed E-state index contributed by atoms with van der Waals surface area (Å²) in [4.78, 5) is 40.8. The summed E-state index contributed by atoms with van der Waals surface area (Å²) >= 11 is 0. The Morgan fingerprint density at radius 3 is 2.42 bits per heavy atom. The van der Waals surface area contributed by atoms with E-state index in [1.165, 1.54) is 4.57 Å². The smallest absolute Gasteiger partial charge is 0.329 e. The summed E-state index contributed by atoms with van der Waals surface area (Å²) in [5, 5.41) is 0. The maximum atomic E-state index is 12.6. The fraction of sp³-hybridized carbons (Fsp3) is 0.688. The van der Waals surface area contributed by atoms with Crippen LogP contribution in [-0.4, -0.2) is 52.1 Å². The normalized spacial score (nSPS) is 22.0. The monoisotopic (exact) mass is 338 g/mol. The largest absolute Gasteiger partial charge is 0.384 e. The maximum Gasteiger partial charge on any atom is 0.329 e. The molecule has 0 radical (unpaired) electrons. The van der Waals surface area contributed by atoms with Gasteiger partial charge < -0.3 is 10.5 Å². The molecule has 0 aromatic carbocycles. The van der Waals surface area contributed by atoms with Gasteiger partial charge in [-0.3, -0.25) is 24.0 Å². The fourth-order valence-corrected chi connectivity index (χ4v) is 3.10. The number of hydrogen-bond acceptors (Lipinski definition) is 6. The number of Topliss-reactive ketones (excluding diaryl/α,β-unsaturated/α-hetero) is 1. The molecule has 2 heterocycles. The number of carbonyl (C=O) groups is 1. The third-order valence-electron chi connectivity index (χ3n) is 3.93. The van der Waals surface area contributed by atoms with Crippen molar-refractivity contribution in [1.82, 2.24) is 14.5 Å². The Labute approximate surface area is 140 Å². The zero-order valence-electron chi connectivity index (χ0n) is 14.7. The second-order valence-corrected chi connectivity index (χ2v) is 6.90. The molecule has 0 amide bonds. The van der Waals surface area contributed by atoms with Gasteiger partial charge in [0.25, 0.3) is 5.56 Å². The number of rotatable bonds is 5. The van der Waals surface area contributed by atoms with E-state index in [4.69, 9.17) is 10.5 Å². The number of ether oxygens (including phenoxy) is 1. The minimum atomic E-state index is -0.725. The van der Waals surface area contributed by atoms with Crippen LogP contribution in [0, 0.1) is 5.92 Å². The lowest BCUT2D eigenvalue weighted by Crippen LogP contribution is -2.48. The molecule has 0 saturated carbocycles. The Hall–Kier alpha value is -1.93. The van der Waals surface area contributed by atoms with Crippen LogP contribution in [0.5, 0.6) is 0 Å². The first kappa shape index (κ1) is 18.4. The van der Waals surface area contributed by atoms with Crippen molar-refractivity contribution in [2.45, 2.75) is 46.4 Å². The topological polar surface area (TPSA) is 110 Å². The Kier molecular flexibility index (Phi) is 5.61. The van der Waals surface area contributed by atoms with Gasteiger partial charge >= 0.3 is 5.69 Å². The fourth-order valence-electron chi connectivity index (χ4n) is 3.10. The summed E-state index contributed by atoms with van der Waals surface area (Å²) in [5.41, 5.74) is 4.52. The van der Waals surface area contributed by atoms with Crippen LogP contribution in [0.25, 0.3) is 0 Å². The Bertz CT molecular complexity index is 712. The van der Waals surface area contributed by atoms with E-state index in [2.05, 4.69) is 4.98 Å². The van der Waals surface area contributed by atoms with Crippen molar-refractivity contribution in [2.24, 2.45) is 5.92 Å². The third kappa shape index (κ3) is 4.12. The van der Waals surface area contributed by atoms with Crippen molar-refractivity contribution < 1.29 is 9.53 Å². The average molecular weight is 338 g/mol. The molecule has 24 heavy (non-hydrogen) atoms. The Morgan fingerprint density at radius 1 is 1.29 bits per heavy atom. The van der Waals surface area contributed by atoms with Crippen LogP contribution in [-0.2, 0) is 11.3 Å². The molecule has 134 valence electrons. The second-order valence-electron chi connectivity index (χ2n) is 6.90. The Morgan fingerprint density at radius 2 is 1.88 bits per heavy atom. The maximum absolute atomic E-state index is 12.6. The molecule has 1 aromatic rings. The molecule has 2 atom stereocenters. The summed E-state index contributed by atoms with van der Waals surface area (Å²) in [5.74, 6) is -0.288. The van der Waals surface area contributed by atoms with Crippen LogP contribution >= 0.6 is 0 Å². The van der Waals surface area contributed by atoms with Gasteiger partial charge in [0, 0.05) is 19.6 Å². The van der Waals surface area contributed by atoms with E-state index in [1.54, 1.807) is 0 Å². The van der Waals surface area contributed by atoms with Gasteiger partial charge in [-0.2, -0.15) is 0 Å². The molecule has 2 rings (SSSR count). The molecular formula is C16H26N4O4. The highest BCUT2D eigenvalue weighted by Gasteiger charge is 2.26. The van der Waals surface area contributed by atoms with Crippen LogP contribution in [0.3, 0.4) is 0 Å². The lowest BCUT2D eigenvalue weighted by Gasteiger charge is -2.34. The lowest BCUT2D eigenvalue weighted by atomic mass is 10.1. The van der Waals surface area contributed by atoms with E-state index >= 15 is 0 Å². The van der Waals surface area contributed by atoms with Crippen LogP contribution in [0.4, 0.5) is 5.82 Å². The molecule has 0 aliphatic carbocycles. The molecule has 8 nitrogen and oxygen atoms in total. The molecule has 0 unspecified atom stereocenters. The number of aromatic amines is 1. The summed E-state index contributed by atoms with van der Waals surface area (Å²) in [7, 11) is 0. The van der Waals surface area contributed by atoms with Gasteiger partial charge in [0.15, 0.2) is 5.78 Å². The van der Waals surface area contributed by atoms with Crippen LogP contribution in [0.2, 0.25) is 0 Å². The van der Waals surface area contributed by atoms with Crippen molar-refractivity contribution in [3.05, 3.63) is 26.4 Å². The number of carbonyl (C=O) groups excluding carboxylic acids is 1. The van der Waals surface area contributed by atoms with Gasteiger partial charge in [-0.15, -0.1) is 0 Å². The molecular weight excluding hydrogens is 312 g/mol. The highest BCUT2D eigenvalue weighted by Crippen LogP contribution is 2.13. The first-order valence-corrected chi connectivity index (χ1v) is 8.22. The number of morpholine rings is 1. The third-order valence-corrected chi connectivity index (χ3v) is 3.93. The number of nitrogens with two attached hydrogens (primary N) is 1. The van der Waals surface area contributed by atoms with E-state index in [-0.39, 0.29) is 41.8 Å². The molecule has 0 bridgehead atoms. The van der Waals surface area contributed by atoms with Crippen molar-refractivity contribution in [3.63, 3.8) is 0 Å². The zero-order chi connectivity index (χ0) is 18.0. The lowest BCUT2D eigenvalue weighted by molar-refractivity contribution is -0.0652. The minimum Gasteiger partial charge on any atom is -0.384 e. The minimum absolute atomic E-state index is 0.0204. The van der Waals surface area contributed by atoms with Crippen molar-refractivity contribution in [2.75, 3.05) is 25.4 Å². The molecule has 8 heteroatoms.